The highest BCUT2D eigenvalue weighted by atomic mass is 16.7. The first-order chi connectivity index (χ1) is 8.08. The zero-order valence-corrected chi connectivity index (χ0v) is 10.3. The summed E-state index contributed by atoms with van der Waals surface area (Å²) in [5.74, 6) is -0.425. The molecule has 5 nitrogen and oxygen atoms in total. The van der Waals surface area contributed by atoms with Gasteiger partial charge in [0.05, 0.1) is 6.54 Å². The normalized spacial score (nSPS) is 10.6. The Morgan fingerprint density at radius 3 is 2.53 bits per heavy atom. The second-order valence-corrected chi connectivity index (χ2v) is 3.68. The van der Waals surface area contributed by atoms with Gasteiger partial charge >= 0.3 is 0 Å². The van der Waals surface area contributed by atoms with Crippen LogP contribution in [0.25, 0.3) is 0 Å². The Bertz CT molecular complexity index is 389. The molecule has 0 aliphatic heterocycles. The van der Waals surface area contributed by atoms with Crippen LogP contribution in [0.2, 0.25) is 0 Å². The summed E-state index contributed by atoms with van der Waals surface area (Å²) >= 11 is 0. The first-order valence-electron chi connectivity index (χ1n) is 5.28. The molecule has 3 N–H and O–H groups in total. The summed E-state index contributed by atoms with van der Waals surface area (Å²) < 4.78 is 10.1. The quantitative estimate of drug-likeness (QED) is 0.728. The molecule has 1 rings (SSSR count). The summed E-state index contributed by atoms with van der Waals surface area (Å²) in [6.07, 6.45) is -0.301. The molecule has 17 heavy (non-hydrogen) atoms. The van der Waals surface area contributed by atoms with Crippen molar-refractivity contribution in [2.75, 3.05) is 26.1 Å². The third-order valence-electron chi connectivity index (χ3n) is 2.50. The van der Waals surface area contributed by atoms with Gasteiger partial charge < -0.3 is 20.5 Å². The van der Waals surface area contributed by atoms with Crippen molar-refractivity contribution in [3.63, 3.8) is 0 Å². The molecule has 0 fully saturated rings. The van der Waals surface area contributed by atoms with Crippen molar-refractivity contribution in [2.24, 2.45) is 5.73 Å². The van der Waals surface area contributed by atoms with E-state index in [1.165, 1.54) is 0 Å². The second kappa shape index (κ2) is 6.22. The molecule has 0 bridgehead atoms. The summed E-state index contributed by atoms with van der Waals surface area (Å²) in [5, 5.41) is 3.18. The van der Waals surface area contributed by atoms with E-state index in [0.29, 0.717) is 12.1 Å². The van der Waals surface area contributed by atoms with Gasteiger partial charge in [0.15, 0.2) is 6.29 Å². The molecule has 5 heteroatoms. The first kappa shape index (κ1) is 13.5. The lowest BCUT2D eigenvalue weighted by atomic mass is 10.1. The Kier molecular flexibility index (Phi) is 4.93. The number of hydrogen-bond donors (Lipinski definition) is 2. The summed E-state index contributed by atoms with van der Waals surface area (Å²) in [5.41, 5.74) is 7.58. The highest BCUT2D eigenvalue weighted by Gasteiger charge is 2.07. The maximum Gasteiger partial charge on any atom is 0.248 e. The Hall–Kier alpha value is -1.59. The zero-order valence-electron chi connectivity index (χ0n) is 10.3. The molecule has 1 aromatic carbocycles. The van der Waals surface area contributed by atoms with E-state index in [-0.39, 0.29) is 6.29 Å². The number of nitrogens with one attached hydrogen (secondary N) is 1. The predicted molar refractivity (Wildman–Crippen MR) is 66.0 cm³/mol. The van der Waals surface area contributed by atoms with Crippen molar-refractivity contribution in [2.45, 2.75) is 13.2 Å². The third kappa shape index (κ3) is 3.72. The van der Waals surface area contributed by atoms with Crippen LogP contribution in [0.5, 0.6) is 0 Å². The number of carbonyl (C=O) groups is 1. The van der Waals surface area contributed by atoms with E-state index in [9.17, 15) is 4.79 Å². The number of benzene rings is 1. The van der Waals surface area contributed by atoms with Gasteiger partial charge in [-0.1, -0.05) is 0 Å². The Labute approximate surface area is 101 Å². The Morgan fingerprint density at radius 1 is 1.41 bits per heavy atom. The fourth-order valence-corrected chi connectivity index (χ4v) is 1.47. The van der Waals surface area contributed by atoms with Gasteiger partial charge in [0.1, 0.15) is 0 Å². The Balaban J connectivity index is 2.69. The summed E-state index contributed by atoms with van der Waals surface area (Å²) in [4.78, 5) is 11.0. The zero-order chi connectivity index (χ0) is 12.8. The van der Waals surface area contributed by atoms with Crippen molar-refractivity contribution >= 4 is 11.6 Å². The lowest BCUT2D eigenvalue weighted by Crippen LogP contribution is -2.24. The molecule has 0 heterocycles. The predicted octanol–water partition coefficient (Wildman–Crippen LogP) is 1.12. The van der Waals surface area contributed by atoms with Crippen LogP contribution in [0.3, 0.4) is 0 Å². The van der Waals surface area contributed by atoms with Gasteiger partial charge in [-0.05, 0) is 30.7 Å². The van der Waals surface area contributed by atoms with E-state index < -0.39 is 5.91 Å². The van der Waals surface area contributed by atoms with Crippen molar-refractivity contribution in [3.05, 3.63) is 29.3 Å². The van der Waals surface area contributed by atoms with E-state index >= 15 is 0 Å². The Morgan fingerprint density at radius 2 is 2.06 bits per heavy atom. The molecule has 0 aromatic heterocycles. The molecule has 0 atom stereocenters. The summed E-state index contributed by atoms with van der Waals surface area (Å²) in [7, 11) is 3.16. The molecule has 0 spiro atoms. The lowest BCUT2D eigenvalue weighted by molar-refractivity contribution is -0.0914. The second-order valence-electron chi connectivity index (χ2n) is 3.68. The van der Waals surface area contributed by atoms with Gasteiger partial charge in [0.2, 0.25) is 5.91 Å². The van der Waals surface area contributed by atoms with Crippen molar-refractivity contribution in [1.82, 2.24) is 0 Å². The first-order valence-corrected chi connectivity index (χ1v) is 5.28. The number of primary amides is 1. The van der Waals surface area contributed by atoms with Gasteiger partial charge in [-0.3, -0.25) is 4.79 Å². The molecule has 0 radical (unpaired) electrons. The standard InChI is InChI=1S/C12H18N2O3/c1-8-6-9(12(13)15)4-5-10(8)14-7-11(16-2)17-3/h4-6,11,14H,7H2,1-3H3,(H2,13,15). The smallest absolute Gasteiger partial charge is 0.248 e. The topological polar surface area (TPSA) is 73.6 Å². The largest absolute Gasteiger partial charge is 0.380 e. The van der Waals surface area contributed by atoms with Gasteiger partial charge in [-0.15, -0.1) is 0 Å². The molecule has 0 unspecified atom stereocenters. The van der Waals surface area contributed by atoms with Crippen LogP contribution < -0.4 is 11.1 Å². The lowest BCUT2D eigenvalue weighted by Gasteiger charge is -2.16. The minimum absolute atomic E-state index is 0.301. The number of nitrogens with two attached hydrogens (primary N) is 1. The summed E-state index contributed by atoms with van der Waals surface area (Å²) in [6.45, 7) is 2.44. The maximum absolute atomic E-state index is 11.0. The van der Waals surface area contributed by atoms with E-state index in [1.54, 1.807) is 26.4 Å². The van der Waals surface area contributed by atoms with Crippen LogP contribution in [0.4, 0.5) is 5.69 Å². The van der Waals surface area contributed by atoms with E-state index in [2.05, 4.69) is 5.32 Å². The average molecular weight is 238 g/mol. The molecule has 0 aliphatic carbocycles. The van der Waals surface area contributed by atoms with Crippen LogP contribution in [-0.4, -0.2) is 33.0 Å². The van der Waals surface area contributed by atoms with Crippen LogP contribution in [0.1, 0.15) is 15.9 Å². The van der Waals surface area contributed by atoms with E-state index in [0.717, 1.165) is 11.3 Å². The molecule has 1 amide bonds. The number of aryl methyl sites for hydroxylation is 1. The van der Waals surface area contributed by atoms with Crippen molar-refractivity contribution in [3.8, 4) is 0 Å². The van der Waals surface area contributed by atoms with Crippen LogP contribution in [0.15, 0.2) is 18.2 Å². The van der Waals surface area contributed by atoms with Crippen molar-refractivity contribution in [1.29, 1.82) is 0 Å². The third-order valence-corrected chi connectivity index (χ3v) is 2.50. The minimum Gasteiger partial charge on any atom is -0.380 e. The number of hydrogen-bond acceptors (Lipinski definition) is 4. The maximum atomic E-state index is 11.0. The molecule has 0 saturated heterocycles. The number of methoxy groups -OCH3 is 2. The highest BCUT2D eigenvalue weighted by molar-refractivity contribution is 5.93. The van der Waals surface area contributed by atoms with Crippen molar-refractivity contribution < 1.29 is 14.3 Å². The molecule has 94 valence electrons. The number of anilines is 1. The fourth-order valence-electron chi connectivity index (χ4n) is 1.47. The molecule has 1 aromatic rings. The van der Waals surface area contributed by atoms with E-state index in [1.807, 2.05) is 13.0 Å². The van der Waals surface area contributed by atoms with Gasteiger partial charge in [0.25, 0.3) is 0 Å². The highest BCUT2D eigenvalue weighted by Crippen LogP contribution is 2.16. The van der Waals surface area contributed by atoms with Gasteiger partial charge in [0, 0.05) is 25.5 Å². The molecular weight excluding hydrogens is 220 g/mol. The summed E-state index contributed by atoms with van der Waals surface area (Å²) in [6, 6.07) is 5.25. The van der Waals surface area contributed by atoms with E-state index in [4.69, 9.17) is 15.2 Å². The van der Waals surface area contributed by atoms with Crippen LogP contribution in [-0.2, 0) is 9.47 Å². The van der Waals surface area contributed by atoms with Gasteiger partial charge in [-0.2, -0.15) is 0 Å². The minimum atomic E-state index is -0.425. The SMILES string of the molecule is COC(CNc1ccc(C(N)=O)cc1C)OC. The molecular formula is C12H18N2O3. The molecule has 0 saturated carbocycles. The number of carbonyl (C=O) groups excluding carboxylic acids is 1. The average Bonchev–Trinajstić information content (AvgIpc) is 2.31. The monoisotopic (exact) mass is 238 g/mol. The van der Waals surface area contributed by atoms with Gasteiger partial charge in [-0.25, -0.2) is 0 Å². The number of amides is 1. The number of ether oxygens (including phenoxy) is 2. The van der Waals surface area contributed by atoms with Crippen LogP contribution in [0, 0.1) is 6.92 Å². The van der Waals surface area contributed by atoms with Crippen LogP contribution >= 0.6 is 0 Å². The fraction of sp³-hybridized carbons (Fsp3) is 0.417. The number of rotatable bonds is 6. The molecule has 0 aliphatic rings.